The van der Waals surface area contributed by atoms with Crippen molar-refractivity contribution >= 4 is 29.5 Å². The van der Waals surface area contributed by atoms with Gasteiger partial charge >= 0.3 is 5.97 Å². The Morgan fingerprint density at radius 2 is 2.06 bits per heavy atom. The number of hydrogen-bond acceptors (Lipinski definition) is 6. The van der Waals surface area contributed by atoms with Gasteiger partial charge in [0, 0.05) is 31.0 Å². The molecule has 1 spiro atoms. The first-order chi connectivity index (χ1) is 15.8. The second kappa shape index (κ2) is 10.6. The molecule has 184 valence electrons. The van der Waals surface area contributed by atoms with E-state index in [1.165, 1.54) is 0 Å². The van der Waals surface area contributed by atoms with Gasteiger partial charge in [0.05, 0.1) is 23.2 Å². The normalized spacial score (nSPS) is 32.2. The van der Waals surface area contributed by atoms with Crippen LogP contribution in [0.2, 0.25) is 0 Å². The van der Waals surface area contributed by atoms with E-state index in [-0.39, 0.29) is 48.2 Å². The summed E-state index contributed by atoms with van der Waals surface area (Å²) < 4.78 is 4.88. The molecule has 0 radical (unpaired) electrons. The summed E-state index contributed by atoms with van der Waals surface area (Å²) in [4.78, 5) is 44.5. The summed E-state index contributed by atoms with van der Waals surface area (Å²) in [7, 11) is 0. The van der Waals surface area contributed by atoms with Gasteiger partial charge in [0.2, 0.25) is 11.8 Å². The molecule has 6 atom stereocenters. The third-order valence-electron chi connectivity index (χ3n) is 7.36. The van der Waals surface area contributed by atoms with Gasteiger partial charge in [0.25, 0.3) is 0 Å². The van der Waals surface area contributed by atoms with Gasteiger partial charge in [0.15, 0.2) is 0 Å². The number of rotatable bonds is 12. The van der Waals surface area contributed by atoms with Gasteiger partial charge in [-0.05, 0) is 45.4 Å². The number of aliphatic hydroxyl groups excluding tert-OH is 1. The fourth-order valence-corrected chi connectivity index (χ4v) is 8.30. The zero-order valence-corrected chi connectivity index (χ0v) is 20.9. The molecule has 3 aliphatic heterocycles. The van der Waals surface area contributed by atoms with Crippen molar-refractivity contribution in [2.45, 2.75) is 68.5 Å². The SMILES string of the molecule is C=CCCOC(=O)[C@@H]1[C@@H]2CC(C)C3(S2)C(C(=O)N(CC=C)C(C)C)N(CCCCO)C(=O)[C@H]13. The quantitative estimate of drug-likeness (QED) is 0.264. The lowest BCUT2D eigenvalue weighted by atomic mass is 9.66. The lowest BCUT2D eigenvalue weighted by molar-refractivity contribution is -0.154. The number of esters is 1. The number of hydrogen-bond donors (Lipinski definition) is 1. The second-order valence-corrected chi connectivity index (χ2v) is 11.2. The van der Waals surface area contributed by atoms with Crippen molar-refractivity contribution < 1.29 is 24.2 Å². The Morgan fingerprint density at radius 1 is 1.33 bits per heavy atom. The minimum Gasteiger partial charge on any atom is -0.465 e. The summed E-state index contributed by atoms with van der Waals surface area (Å²) in [6, 6.07) is -0.675. The summed E-state index contributed by atoms with van der Waals surface area (Å²) in [6.07, 6.45) is 5.92. The molecule has 0 aliphatic carbocycles. The minimum absolute atomic E-state index is 0.0213. The molecule has 0 aromatic heterocycles. The lowest BCUT2D eigenvalue weighted by Crippen LogP contribution is -2.58. The van der Waals surface area contributed by atoms with Crippen LogP contribution in [0, 0.1) is 17.8 Å². The highest BCUT2D eigenvalue weighted by Crippen LogP contribution is 2.68. The van der Waals surface area contributed by atoms with Crippen molar-refractivity contribution in [1.29, 1.82) is 0 Å². The Balaban J connectivity index is 2.00. The third kappa shape index (κ3) is 4.36. The molecular weight excluding hydrogens is 440 g/mol. The molecule has 1 N–H and O–H groups in total. The summed E-state index contributed by atoms with van der Waals surface area (Å²) in [6.45, 7) is 14.6. The highest BCUT2D eigenvalue weighted by Gasteiger charge is 2.76. The van der Waals surface area contributed by atoms with Crippen LogP contribution in [0.1, 0.15) is 46.5 Å². The molecule has 3 unspecified atom stereocenters. The first kappa shape index (κ1) is 25.8. The van der Waals surface area contributed by atoms with Crippen LogP contribution in [-0.4, -0.2) is 81.1 Å². The van der Waals surface area contributed by atoms with Crippen molar-refractivity contribution in [3.8, 4) is 0 Å². The molecule has 0 saturated carbocycles. The molecule has 33 heavy (non-hydrogen) atoms. The average molecular weight is 479 g/mol. The van der Waals surface area contributed by atoms with Crippen LogP contribution in [0.15, 0.2) is 25.3 Å². The number of unbranched alkanes of at least 4 members (excludes halogenated alkanes) is 1. The molecule has 0 aromatic carbocycles. The monoisotopic (exact) mass is 478 g/mol. The zero-order valence-electron chi connectivity index (χ0n) is 20.1. The standard InChI is InChI=1S/C25H38N2O5S/c1-6-8-14-32-24(31)19-18-15-17(5)25(33-18)20(19)22(29)27(12-9-10-13-28)21(25)23(30)26(11-7-2)16(3)4/h6-7,16-21,28H,1-2,8-15H2,3-5H3/t17?,18-,19+,20-,21?,25?/m0/s1. The number of fused-ring (bicyclic) bond motifs is 1. The molecule has 3 rings (SSSR count). The predicted molar refractivity (Wildman–Crippen MR) is 130 cm³/mol. The van der Waals surface area contributed by atoms with Crippen LogP contribution in [-0.2, 0) is 19.1 Å². The van der Waals surface area contributed by atoms with Gasteiger partial charge in [-0.3, -0.25) is 14.4 Å². The summed E-state index contributed by atoms with van der Waals surface area (Å²) >= 11 is 1.66. The smallest absolute Gasteiger partial charge is 0.310 e. The Bertz CT molecular complexity index is 787. The maximum Gasteiger partial charge on any atom is 0.310 e. The van der Waals surface area contributed by atoms with Gasteiger partial charge in [-0.1, -0.05) is 19.1 Å². The molecule has 3 heterocycles. The van der Waals surface area contributed by atoms with Gasteiger partial charge in [0.1, 0.15) is 6.04 Å². The van der Waals surface area contributed by atoms with E-state index in [0.717, 1.165) is 6.42 Å². The van der Waals surface area contributed by atoms with Gasteiger partial charge in [-0.15, -0.1) is 24.9 Å². The molecule has 3 aliphatic rings. The van der Waals surface area contributed by atoms with Crippen LogP contribution < -0.4 is 0 Å². The van der Waals surface area contributed by atoms with Crippen molar-refractivity contribution in [1.82, 2.24) is 9.80 Å². The summed E-state index contributed by atoms with van der Waals surface area (Å²) in [5.74, 6) is -1.52. The van der Waals surface area contributed by atoms with Crippen molar-refractivity contribution in [2.24, 2.45) is 17.8 Å². The lowest BCUT2D eigenvalue weighted by Gasteiger charge is -2.41. The molecular formula is C25H38N2O5S. The maximum absolute atomic E-state index is 14.0. The Hall–Kier alpha value is -1.80. The highest BCUT2D eigenvalue weighted by atomic mass is 32.2. The highest BCUT2D eigenvalue weighted by molar-refractivity contribution is 8.02. The zero-order chi connectivity index (χ0) is 24.3. The molecule has 2 amide bonds. The molecule has 7 nitrogen and oxygen atoms in total. The number of carbonyl (C=O) groups excluding carboxylic acids is 3. The average Bonchev–Trinajstić information content (AvgIpc) is 3.36. The van der Waals surface area contributed by atoms with Gasteiger partial charge < -0.3 is 19.6 Å². The molecule has 8 heteroatoms. The maximum atomic E-state index is 14.0. The molecule has 3 fully saturated rings. The second-order valence-electron chi connectivity index (χ2n) is 9.63. The van der Waals surface area contributed by atoms with E-state index in [9.17, 15) is 19.5 Å². The fraction of sp³-hybridized carbons (Fsp3) is 0.720. The number of thioether (sulfide) groups is 1. The largest absolute Gasteiger partial charge is 0.465 e. The number of aliphatic hydroxyl groups is 1. The topological polar surface area (TPSA) is 87.2 Å². The fourth-order valence-electron chi connectivity index (χ4n) is 5.89. The van der Waals surface area contributed by atoms with Crippen LogP contribution >= 0.6 is 11.8 Å². The van der Waals surface area contributed by atoms with E-state index < -0.39 is 22.6 Å². The van der Waals surface area contributed by atoms with E-state index in [0.29, 0.717) is 32.4 Å². The summed E-state index contributed by atoms with van der Waals surface area (Å²) in [5.41, 5.74) is 0. The van der Waals surface area contributed by atoms with E-state index in [2.05, 4.69) is 20.1 Å². The Kier molecular flexibility index (Phi) is 8.32. The first-order valence-electron chi connectivity index (χ1n) is 12.0. The first-order valence-corrected chi connectivity index (χ1v) is 12.9. The van der Waals surface area contributed by atoms with Crippen molar-refractivity contribution in [2.75, 3.05) is 26.3 Å². The number of carbonyl (C=O) groups is 3. The molecule has 0 aromatic rings. The van der Waals surface area contributed by atoms with Crippen molar-refractivity contribution in [3.63, 3.8) is 0 Å². The number of likely N-dealkylation sites (tertiary alicyclic amines) is 1. The number of ether oxygens (including phenoxy) is 1. The Labute approximate surface area is 201 Å². The van der Waals surface area contributed by atoms with E-state index in [4.69, 9.17) is 4.74 Å². The van der Waals surface area contributed by atoms with Crippen LogP contribution in [0.5, 0.6) is 0 Å². The summed E-state index contributed by atoms with van der Waals surface area (Å²) in [5, 5.41) is 9.25. The Morgan fingerprint density at radius 3 is 2.67 bits per heavy atom. The van der Waals surface area contributed by atoms with Crippen LogP contribution in [0.3, 0.4) is 0 Å². The predicted octanol–water partition coefficient (Wildman–Crippen LogP) is 2.64. The molecule has 3 saturated heterocycles. The van der Waals surface area contributed by atoms with Crippen LogP contribution in [0.4, 0.5) is 0 Å². The number of nitrogens with zero attached hydrogens (tertiary/aromatic N) is 2. The van der Waals surface area contributed by atoms with Crippen molar-refractivity contribution in [3.05, 3.63) is 25.3 Å². The number of amides is 2. The van der Waals surface area contributed by atoms with Crippen LogP contribution in [0.25, 0.3) is 0 Å². The third-order valence-corrected chi connectivity index (χ3v) is 9.43. The van der Waals surface area contributed by atoms with Gasteiger partial charge in [-0.2, -0.15) is 0 Å². The van der Waals surface area contributed by atoms with Gasteiger partial charge in [-0.25, -0.2) is 0 Å². The molecule has 2 bridgehead atoms. The van der Waals surface area contributed by atoms with E-state index in [1.54, 1.807) is 33.7 Å². The van der Waals surface area contributed by atoms with E-state index in [1.807, 2.05) is 13.8 Å². The van der Waals surface area contributed by atoms with E-state index >= 15 is 0 Å². The minimum atomic E-state index is -0.644.